The van der Waals surface area contributed by atoms with Crippen LogP contribution in [0.4, 0.5) is 17.6 Å². The maximum absolute atomic E-state index is 13.7. The van der Waals surface area contributed by atoms with Gasteiger partial charge in [0.25, 0.3) is 5.92 Å². The highest BCUT2D eigenvalue weighted by Crippen LogP contribution is 2.39. The van der Waals surface area contributed by atoms with Crippen LogP contribution in [-0.2, 0) is 15.5 Å². The Morgan fingerprint density at radius 1 is 1.30 bits per heavy atom. The molecule has 1 rings (SSSR count). The molecule has 3 nitrogen and oxygen atoms in total. The van der Waals surface area contributed by atoms with Gasteiger partial charge < -0.3 is 9.47 Å². The Hall–Kier alpha value is -1.79. The number of esters is 1. The Bertz CT molecular complexity index is 503. The molecule has 0 fully saturated rings. The molecule has 0 aliphatic rings. The lowest BCUT2D eigenvalue weighted by Gasteiger charge is -2.21. The fraction of sp³-hybridized carbons (Fsp3) is 0.462. The first kappa shape index (κ1) is 16.3. The predicted molar refractivity (Wildman–Crippen MR) is 62.6 cm³/mol. The number of benzene rings is 1. The number of halogens is 4. The third-order valence-corrected chi connectivity index (χ3v) is 2.70. The smallest absolute Gasteiger partial charge is 0.346 e. The summed E-state index contributed by atoms with van der Waals surface area (Å²) in [7, 11) is 1.09. The van der Waals surface area contributed by atoms with Crippen LogP contribution >= 0.6 is 0 Å². The molecule has 0 unspecified atom stereocenters. The number of hydrogen-bond donors (Lipinski definition) is 0. The summed E-state index contributed by atoms with van der Waals surface area (Å²) >= 11 is 0. The summed E-state index contributed by atoms with van der Waals surface area (Å²) in [5.74, 6) is -7.56. The predicted octanol–water partition coefficient (Wildman–Crippen LogP) is 3.41. The summed E-state index contributed by atoms with van der Waals surface area (Å²) in [6.07, 6.45) is -1.85. The summed E-state index contributed by atoms with van der Waals surface area (Å²) in [5.41, 5.74) is -0.811. The molecular weight excluding hydrogens is 280 g/mol. The van der Waals surface area contributed by atoms with Crippen LogP contribution in [0.3, 0.4) is 0 Å². The molecule has 0 aliphatic heterocycles. The fourth-order valence-electron chi connectivity index (χ4n) is 1.51. The van der Waals surface area contributed by atoms with Gasteiger partial charge in [0.2, 0.25) is 0 Å². The summed E-state index contributed by atoms with van der Waals surface area (Å²) in [6, 6.07) is 0.867. The van der Waals surface area contributed by atoms with Crippen molar-refractivity contribution in [2.24, 2.45) is 0 Å². The van der Waals surface area contributed by atoms with Gasteiger partial charge in [-0.15, -0.1) is 0 Å². The van der Waals surface area contributed by atoms with Crippen molar-refractivity contribution in [1.29, 1.82) is 0 Å². The van der Waals surface area contributed by atoms with Gasteiger partial charge >= 0.3 is 5.97 Å². The molecule has 1 aromatic rings. The van der Waals surface area contributed by atoms with Crippen LogP contribution in [0.5, 0.6) is 5.75 Å². The zero-order valence-corrected chi connectivity index (χ0v) is 11.2. The van der Waals surface area contributed by atoms with E-state index in [1.54, 1.807) is 0 Å². The molecule has 0 aromatic heterocycles. The van der Waals surface area contributed by atoms with Gasteiger partial charge in [-0.1, -0.05) is 6.92 Å². The van der Waals surface area contributed by atoms with Crippen molar-refractivity contribution in [2.45, 2.75) is 32.3 Å². The van der Waals surface area contributed by atoms with Gasteiger partial charge in [-0.3, -0.25) is 0 Å². The molecule has 1 aromatic carbocycles. The molecule has 0 saturated carbocycles. The van der Waals surface area contributed by atoms with Gasteiger partial charge in [-0.2, -0.15) is 0 Å². The van der Waals surface area contributed by atoms with Crippen molar-refractivity contribution in [3.63, 3.8) is 0 Å². The first-order valence-electron chi connectivity index (χ1n) is 5.84. The number of methoxy groups -OCH3 is 1. The van der Waals surface area contributed by atoms with Crippen molar-refractivity contribution < 1.29 is 31.8 Å². The second kappa shape index (κ2) is 6.11. The van der Waals surface area contributed by atoms with Crippen LogP contribution in [0.15, 0.2) is 12.1 Å². The van der Waals surface area contributed by atoms with Crippen LogP contribution in [0.2, 0.25) is 0 Å². The largest absolute Gasteiger partial charge is 0.478 e. The van der Waals surface area contributed by atoms with Crippen molar-refractivity contribution >= 4 is 5.97 Å². The number of hydrogen-bond acceptors (Lipinski definition) is 3. The van der Waals surface area contributed by atoms with E-state index in [1.807, 2.05) is 0 Å². The molecule has 112 valence electrons. The fourth-order valence-corrected chi connectivity index (χ4v) is 1.51. The highest BCUT2D eigenvalue weighted by atomic mass is 19.3. The summed E-state index contributed by atoms with van der Waals surface area (Å²) in [4.78, 5) is 11.2. The summed E-state index contributed by atoms with van der Waals surface area (Å²) < 4.78 is 63.0. The second-order valence-electron chi connectivity index (χ2n) is 4.10. The molecule has 0 N–H and O–H groups in total. The third kappa shape index (κ3) is 3.40. The standard InChI is InChI=1S/C13H14F4O3/c1-4-13(16,17)8-5-9(14)10(15)6-11(8)20-7(2)12(18)19-3/h5-7H,4H2,1-3H3/t7-/m0/s1. The van der Waals surface area contributed by atoms with Gasteiger partial charge in [0, 0.05) is 12.5 Å². The Labute approximate surface area is 113 Å². The maximum atomic E-state index is 13.7. The average molecular weight is 294 g/mol. The molecule has 0 saturated heterocycles. The molecule has 0 heterocycles. The minimum Gasteiger partial charge on any atom is -0.478 e. The molecular formula is C13H14F4O3. The monoisotopic (exact) mass is 294 g/mol. The Morgan fingerprint density at radius 3 is 2.35 bits per heavy atom. The van der Waals surface area contributed by atoms with E-state index in [4.69, 9.17) is 4.74 Å². The van der Waals surface area contributed by atoms with E-state index < -0.39 is 47.4 Å². The highest BCUT2D eigenvalue weighted by Gasteiger charge is 2.35. The molecule has 0 radical (unpaired) electrons. The van der Waals surface area contributed by atoms with Crippen LogP contribution in [-0.4, -0.2) is 19.2 Å². The van der Waals surface area contributed by atoms with E-state index in [0.29, 0.717) is 12.1 Å². The first-order chi connectivity index (χ1) is 9.22. The van der Waals surface area contributed by atoms with Gasteiger partial charge in [-0.05, 0) is 13.0 Å². The molecule has 0 aliphatic carbocycles. The minimum absolute atomic E-state index is 0.373. The average Bonchev–Trinajstić information content (AvgIpc) is 2.41. The Kier molecular flexibility index (Phi) is 4.97. The lowest BCUT2D eigenvalue weighted by Crippen LogP contribution is -2.26. The van der Waals surface area contributed by atoms with Crippen molar-refractivity contribution in [3.8, 4) is 5.75 Å². The Balaban J connectivity index is 3.23. The second-order valence-corrected chi connectivity index (χ2v) is 4.10. The van der Waals surface area contributed by atoms with Crippen LogP contribution in [0.25, 0.3) is 0 Å². The van der Waals surface area contributed by atoms with Gasteiger partial charge in [-0.25, -0.2) is 22.4 Å². The van der Waals surface area contributed by atoms with E-state index in [2.05, 4.69) is 4.74 Å². The molecule has 7 heteroatoms. The third-order valence-electron chi connectivity index (χ3n) is 2.70. The maximum Gasteiger partial charge on any atom is 0.346 e. The van der Waals surface area contributed by atoms with Gasteiger partial charge in [0.05, 0.1) is 12.7 Å². The number of ether oxygens (including phenoxy) is 2. The van der Waals surface area contributed by atoms with E-state index >= 15 is 0 Å². The molecule has 0 bridgehead atoms. The number of carbonyl (C=O) groups is 1. The molecule has 20 heavy (non-hydrogen) atoms. The lowest BCUT2D eigenvalue weighted by molar-refractivity contribution is -0.148. The van der Waals surface area contributed by atoms with E-state index in [0.717, 1.165) is 7.11 Å². The van der Waals surface area contributed by atoms with Crippen molar-refractivity contribution in [2.75, 3.05) is 7.11 Å². The minimum atomic E-state index is -3.40. The lowest BCUT2D eigenvalue weighted by atomic mass is 10.0. The van der Waals surface area contributed by atoms with Crippen molar-refractivity contribution in [1.82, 2.24) is 0 Å². The number of alkyl halides is 2. The van der Waals surface area contributed by atoms with Crippen LogP contribution in [0.1, 0.15) is 25.8 Å². The van der Waals surface area contributed by atoms with Crippen LogP contribution < -0.4 is 4.74 Å². The normalized spacial score (nSPS) is 12.9. The first-order valence-corrected chi connectivity index (χ1v) is 5.84. The summed E-state index contributed by atoms with van der Waals surface area (Å²) in [6.45, 7) is 2.44. The Morgan fingerprint density at radius 2 is 1.85 bits per heavy atom. The van der Waals surface area contributed by atoms with E-state index in [9.17, 15) is 22.4 Å². The molecule has 0 amide bonds. The van der Waals surface area contributed by atoms with Crippen LogP contribution in [0, 0.1) is 11.6 Å². The zero-order valence-electron chi connectivity index (χ0n) is 11.2. The van der Waals surface area contributed by atoms with Gasteiger partial charge in [0.1, 0.15) is 5.75 Å². The zero-order chi connectivity index (χ0) is 15.5. The topological polar surface area (TPSA) is 35.5 Å². The SMILES string of the molecule is CCC(F)(F)c1cc(F)c(F)cc1O[C@@H](C)C(=O)OC. The summed E-state index contributed by atoms with van der Waals surface area (Å²) in [5, 5.41) is 0. The quantitative estimate of drug-likeness (QED) is 0.616. The van der Waals surface area contributed by atoms with E-state index in [1.165, 1.54) is 13.8 Å². The van der Waals surface area contributed by atoms with E-state index in [-0.39, 0.29) is 0 Å². The number of carbonyl (C=O) groups excluding carboxylic acids is 1. The number of rotatable bonds is 5. The highest BCUT2D eigenvalue weighted by molar-refractivity contribution is 5.74. The molecule has 0 spiro atoms. The van der Waals surface area contributed by atoms with Crippen molar-refractivity contribution in [3.05, 3.63) is 29.3 Å². The molecule has 1 atom stereocenters. The van der Waals surface area contributed by atoms with Gasteiger partial charge in [0.15, 0.2) is 17.7 Å².